The molecule has 0 unspecified atom stereocenters. The first-order valence-electron chi connectivity index (χ1n) is 7.39. The van der Waals surface area contributed by atoms with Gasteiger partial charge in [-0.25, -0.2) is 4.39 Å². The van der Waals surface area contributed by atoms with Crippen LogP contribution in [0.4, 0.5) is 4.39 Å². The number of ketones is 1. The van der Waals surface area contributed by atoms with Crippen LogP contribution in [0.25, 0.3) is 0 Å². The molecule has 1 rings (SSSR count). The number of hydrogen-bond donors (Lipinski definition) is 0. The molecule has 1 aromatic rings. The van der Waals surface area contributed by atoms with Gasteiger partial charge in [-0.1, -0.05) is 20.3 Å². The molecule has 0 heterocycles. The van der Waals surface area contributed by atoms with Crippen LogP contribution in [0.1, 0.15) is 52.0 Å². The number of hydrogen-bond acceptors (Lipinski definition) is 2. The van der Waals surface area contributed by atoms with Crippen LogP contribution >= 0.6 is 0 Å². The smallest absolute Gasteiger partial charge is 0.129 e. The lowest BCUT2D eigenvalue weighted by molar-refractivity contribution is -0.117. The summed E-state index contributed by atoms with van der Waals surface area (Å²) in [6, 6.07) is 4.94. The molecule has 0 aliphatic heterocycles. The van der Waals surface area contributed by atoms with Gasteiger partial charge >= 0.3 is 0 Å². The van der Waals surface area contributed by atoms with E-state index in [4.69, 9.17) is 4.74 Å². The van der Waals surface area contributed by atoms with E-state index < -0.39 is 0 Å². The number of Topliss-reactive ketones (excluding diaryl/α,β-unsaturated/α-hetero) is 1. The Morgan fingerprint density at radius 3 is 2.65 bits per heavy atom. The zero-order chi connectivity index (χ0) is 15.0. The Labute approximate surface area is 121 Å². The van der Waals surface area contributed by atoms with E-state index in [0.29, 0.717) is 30.9 Å². The second kappa shape index (κ2) is 8.72. The summed E-state index contributed by atoms with van der Waals surface area (Å²) >= 11 is 0. The molecule has 0 bridgehead atoms. The van der Waals surface area contributed by atoms with E-state index in [-0.39, 0.29) is 11.6 Å². The van der Waals surface area contributed by atoms with Gasteiger partial charge in [0.2, 0.25) is 0 Å². The molecule has 2 nitrogen and oxygen atoms in total. The Balaban J connectivity index is 2.43. The van der Waals surface area contributed by atoms with Gasteiger partial charge in [-0.05, 0) is 55.9 Å². The summed E-state index contributed by atoms with van der Waals surface area (Å²) in [4.78, 5) is 10.8. The minimum Gasteiger partial charge on any atom is -0.493 e. The van der Waals surface area contributed by atoms with E-state index in [1.54, 1.807) is 19.1 Å². The molecule has 0 radical (unpaired) electrons. The Morgan fingerprint density at radius 1 is 1.25 bits per heavy atom. The topological polar surface area (TPSA) is 26.3 Å². The quantitative estimate of drug-likeness (QED) is 0.620. The van der Waals surface area contributed by atoms with Gasteiger partial charge in [0.15, 0.2) is 0 Å². The summed E-state index contributed by atoms with van der Waals surface area (Å²) in [5, 5.41) is 0. The van der Waals surface area contributed by atoms with Crippen LogP contribution in [-0.4, -0.2) is 12.4 Å². The van der Waals surface area contributed by atoms with Crippen LogP contribution in [0, 0.1) is 11.7 Å². The molecule has 0 fully saturated rings. The molecule has 112 valence electrons. The average molecular weight is 280 g/mol. The maximum absolute atomic E-state index is 13.7. The van der Waals surface area contributed by atoms with E-state index >= 15 is 0 Å². The van der Waals surface area contributed by atoms with Gasteiger partial charge in [0.1, 0.15) is 17.3 Å². The zero-order valence-corrected chi connectivity index (χ0v) is 12.7. The number of unbranched alkanes of at least 4 members (excludes halogenated alkanes) is 2. The summed E-state index contributed by atoms with van der Waals surface area (Å²) in [5.41, 5.74) is 0.703. The van der Waals surface area contributed by atoms with Crippen molar-refractivity contribution in [2.24, 2.45) is 5.92 Å². The normalized spacial score (nSPS) is 10.8. The fraction of sp³-hybridized carbons (Fsp3) is 0.588. The second-order valence-electron chi connectivity index (χ2n) is 5.72. The maximum atomic E-state index is 13.7. The summed E-state index contributed by atoms with van der Waals surface area (Å²) in [6.07, 6.45) is 4.07. The maximum Gasteiger partial charge on any atom is 0.129 e. The zero-order valence-electron chi connectivity index (χ0n) is 12.7. The predicted molar refractivity (Wildman–Crippen MR) is 79.6 cm³/mol. The van der Waals surface area contributed by atoms with Crippen molar-refractivity contribution in [3.05, 3.63) is 29.6 Å². The molecule has 0 aliphatic rings. The predicted octanol–water partition coefficient (Wildman–Crippen LogP) is 4.55. The lowest BCUT2D eigenvalue weighted by atomic mass is 10.0. The van der Waals surface area contributed by atoms with Gasteiger partial charge in [-0.15, -0.1) is 0 Å². The van der Waals surface area contributed by atoms with Crippen LogP contribution in [0.2, 0.25) is 0 Å². The minimum absolute atomic E-state index is 0.173. The summed E-state index contributed by atoms with van der Waals surface area (Å²) in [6.45, 7) is 6.41. The fourth-order valence-corrected chi connectivity index (χ4v) is 1.96. The summed E-state index contributed by atoms with van der Waals surface area (Å²) in [5.74, 6) is 1.24. The number of rotatable bonds is 9. The summed E-state index contributed by atoms with van der Waals surface area (Å²) in [7, 11) is 0. The molecule has 0 saturated carbocycles. The van der Waals surface area contributed by atoms with E-state index in [1.165, 1.54) is 6.07 Å². The molecule has 20 heavy (non-hydrogen) atoms. The Kier molecular flexibility index (Phi) is 7.27. The van der Waals surface area contributed by atoms with Gasteiger partial charge in [0, 0.05) is 6.42 Å². The first-order chi connectivity index (χ1) is 9.49. The van der Waals surface area contributed by atoms with Gasteiger partial charge < -0.3 is 9.53 Å². The molecule has 0 atom stereocenters. The highest BCUT2D eigenvalue weighted by molar-refractivity contribution is 5.75. The molecular weight excluding hydrogens is 255 g/mol. The molecule has 3 heteroatoms. The number of halogens is 1. The van der Waals surface area contributed by atoms with Crippen molar-refractivity contribution < 1.29 is 13.9 Å². The van der Waals surface area contributed by atoms with Crippen molar-refractivity contribution in [3.63, 3.8) is 0 Å². The third-order valence-electron chi connectivity index (χ3n) is 3.08. The highest BCUT2D eigenvalue weighted by Crippen LogP contribution is 2.20. The molecule has 0 amide bonds. The second-order valence-corrected chi connectivity index (χ2v) is 5.72. The van der Waals surface area contributed by atoms with Crippen molar-refractivity contribution in [2.45, 2.75) is 52.9 Å². The van der Waals surface area contributed by atoms with Crippen molar-refractivity contribution >= 4 is 5.78 Å². The van der Waals surface area contributed by atoms with E-state index in [0.717, 1.165) is 25.0 Å². The Hall–Kier alpha value is -1.38. The van der Waals surface area contributed by atoms with Crippen LogP contribution in [0.3, 0.4) is 0 Å². The SMILES string of the molecule is CC(=O)CCCCCc1cc(OCC(C)C)ccc1F. The lowest BCUT2D eigenvalue weighted by Gasteiger charge is -2.10. The first kappa shape index (κ1) is 16.7. The number of aryl methyl sites for hydroxylation is 1. The monoisotopic (exact) mass is 280 g/mol. The molecular formula is C17H25FO2. The Morgan fingerprint density at radius 2 is 2.00 bits per heavy atom. The average Bonchev–Trinajstić information content (AvgIpc) is 2.38. The first-order valence-corrected chi connectivity index (χ1v) is 7.39. The van der Waals surface area contributed by atoms with Gasteiger partial charge in [0.25, 0.3) is 0 Å². The number of ether oxygens (including phenoxy) is 1. The van der Waals surface area contributed by atoms with Gasteiger partial charge in [-0.2, -0.15) is 0 Å². The molecule has 0 N–H and O–H groups in total. The highest BCUT2D eigenvalue weighted by atomic mass is 19.1. The number of carbonyl (C=O) groups is 1. The van der Waals surface area contributed by atoms with E-state index in [2.05, 4.69) is 13.8 Å². The van der Waals surface area contributed by atoms with Gasteiger partial charge in [0.05, 0.1) is 6.61 Å². The van der Waals surface area contributed by atoms with Crippen molar-refractivity contribution in [2.75, 3.05) is 6.61 Å². The Bertz CT molecular complexity index is 427. The van der Waals surface area contributed by atoms with Crippen LogP contribution < -0.4 is 4.74 Å². The molecule has 1 aromatic carbocycles. The fourth-order valence-electron chi connectivity index (χ4n) is 1.96. The highest BCUT2D eigenvalue weighted by Gasteiger charge is 2.05. The van der Waals surface area contributed by atoms with Crippen LogP contribution in [0.15, 0.2) is 18.2 Å². The third-order valence-corrected chi connectivity index (χ3v) is 3.08. The van der Waals surface area contributed by atoms with Crippen molar-refractivity contribution in [1.82, 2.24) is 0 Å². The van der Waals surface area contributed by atoms with Crippen molar-refractivity contribution in [3.8, 4) is 5.75 Å². The van der Waals surface area contributed by atoms with E-state index in [1.807, 2.05) is 0 Å². The van der Waals surface area contributed by atoms with Crippen molar-refractivity contribution in [1.29, 1.82) is 0 Å². The van der Waals surface area contributed by atoms with E-state index in [9.17, 15) is 9.18 Å². The van der Waals surface area contributed by atoms with Gasteiger partial charge in [-0.3, -0.25) is 0 Å². The number of carbonyl (C=O) groups excluding carboxylic acids is 1. The largest absolute Gasteiger partial charge is 0.493 e. The van der Waals surface area contributed by atoms with Crippen LogP contribution in [-0.2, 0) is 11.2 Å². The summed E-state index contributed by atoms with van der Waals surface area (Å²) < 4.78 is 19.3. The standard InChI is InChI=1S/C17H25FO2/c1-13(2)12-20-16-9-10-17(18)15(11-16)8-6-4-5-7-14(3)19/h9-11,13H,4-8,12H2,1-3H3. The molecule has 0 saturated heterocycles. The third kappa shape index (κ3) is 6.69. The van der Waals surface area contributed by atoms with Crippen LogP contribution in [0.5, 0.6) is 5.75 Å². The lowest BCUT2D eigenvalue weighted by Crippen LogP contribution is -2.05. The molecule has 0 spiro atoms. The molecule has 0 aromatic heterocycles. The minimum atomic E-state index is -0.173. The molecule has 0 aliphatic carbocycles. The number of benzene rings is 1.